The van der Waals surface area contributed by atoms with E-state index in [1.165, 1.54) is 4.90 Å². The van der Waals surface area contributed by atoms with Gasteiger partial charge < -0.3 is 10.2 Å². The predicted octanol–water partition coefficient (Wildman–Crippen LogP) is 2.30. The average Bonchev–Trinajstić information content (AvgIpc) is 2.29. The van der Waals surface area contributed by atoms with E-state index in [0.29, 0.717) is 12.8 Å². The Morgan fingerprint density at radius 3 is 2.40 bits per heavy atom. The van der Waals surface area contributed by atoms with E-state index in [4.69, 9.17) is 0 Å². The van der Waals surface area contributed by atoms with E-state index < -0.39 is 12.2 Å². The Kier molecular flexibility index (Phi) is 5.76. The summed E-state index contributed by atoms with van der Waals surface area (Å²) in [5.41, 5.74) is 0. The quantitative estimate of drug-likeness (QED) is 0.731. The maximum atomic E-state index is 9.53. The monoisotopic (exact) mass is 226 g/mol. The van der Waals surface area contributed by atoms with Crippen molar-refractivity contribution in [2.75, 3.05) is 5.75 Å². The molecule has 0 aromatic heterocycles. The van der Waals surface area contributed by atoms with Crippen molar-refractivity contribution in [3.8, 4) is 0 Å². The van der Waals surface area contributed by atoms with Gasteiger partial charge in [0.25, 0.3) is 0 Å². The number of hydrogen-bond acceptors (Lipinski definition) is 3. The molecule has 0 heterocycles. The van der Waals surface area contributed by atoms with Crippen LogP contribution in [-0.2, 0) is 0 Å². The molecule has 0 aliphatic heterocycles. The largest absolute Gasteiger partial charge is 0.390 e. The summed E-state index contributed by atoms with van der Waals surface area (Å²) < 4.78 is 0. The van der Waals surface area contributed by atoms with Gasteiger partial charge in [-0.3, -0.25) is 0 Å². The third-order valence-corrected chi connectivity index (χ3v) is 3.33. The molecule has 0 bridgehead atoms. The highest BCUT2D eigenvalue weighted by Crippen LogP contribution is 2.19. The highest BCUT2D eigenvalue weighted by molar-refractivity contribution is 7.99. The molecule has 0 aliphatic carbocycles. The lowest BCUT2D eigenvalue weighted by Gasteiger charge is -2.15. The van der Waals surface area contributed by atoms with Gasteiger partial charge in [-0.2, -0.15) is 0 Å². The van der Waals surface area contributed by atoms with Crippen LogP contribution >= 0.6 is 11.8 Å². The average molecular weight is 226 g/mol. The summed E-state index contributed by atoms with van der Waals surface area (Å²) in [7, 11) is 0. The second kappa shape index (κ2) is 6.88. The van der Waals surface area contributed by atoms with Crippen molar-refractivity contribution in [2.24, 2.45) is 0 Å². The number of rotatable bonds is 6. The summed E-state index contributed by atoms with van der Waals surface area (Å²) in [4.78, 5) is 1.20. The van der Waals surface area contributed by atoms with Crippen molar-refractivity contribution in [1.29, 1.82) is 0 Å². The van der Waals surface area contributed by atoms with Gasteiger partial charge in [0.1, 0.15) is 0 Å². The fourth-order valence-corrected chi connectivity index (χ4v) is 2.22. The van der Waals surface area contributed by atoms with E-state index in [1.54, 1.807) is 11.8 Å². The molecule has 0 aliphatic rings. The molecule has 0 saturated heterocycles. The smallest absolute Gasteiger partial charge is 0.0807 e. The minimum Gasteiger partial charge on any atom is -0.390 e. The van der Waals surface area contributed by atoms with Crippen LogP contribution < -0.4 is 0 Å². The number of aliphatic hydroxyl groups excluding tert-OH is 2. The molecule has 0 radical (unpaired) electrons. The lowest BCUT2D eigenvalue weighted by atomic mass is 10.1. The van der Waals surface area contributed by atoms with Crippen molar-refractivity contribution < 1.29 is 10.2 Å². The van der Waals surface area contributed by atoms with Gasteiger partial charge in [-0.25, -0.2) is 0 Å². The molecule has 0 spiro atoms. The van der Waals surface area contributed by atoms with Crippen LogP contribution in [0.2, 0.25) is 0 Å². The van der Waals surface area contributed by atoms with Gasteiger partial charge in [-0.05, 0) is 25.0 Å². The van der Waals surface area contributed by atoms with E-state index in [2.05, 4.69) is 0 Å². The number of benzene rings is 1. The molecule has 1 aromatic carbocycles. The van der Waals surface area contributed by atoms with Crippen LogP contribution in [-0.4, -0.2) is 28.2 Å². The molecule has 1 rings (SSSR count). The van der Waals surface area contributed by atoms with E-state index in [-0.39, 0.29) is 0 Å². The zero-order valence-corrected chi connectivity index (χ0v) is 9.78. The van der Waals surface area contributed by atoms with Crippen molar-refractivity contribution in [3.05, 3.63) is 30.3 Å². The third-order valence-electron chi connectivity index (χ3n) is 2.29. The Labute approximate surface area is 95.3 Å². The maximum Gasteiger partial charge on any atom is 0.0807 e. The molecule has 2 nitrogen and oxygen atoms in total. The number of thioether (sulfide) groups is 1. The van der Waals surface area contributed by atoms with Gasteiger partial charge in [0.05, 0.1) is 12.2 Å². The molecule has 0 unspecified atom stereocenters. The normalized spacial score (nSPS) is 14.9. The summed E-state index contributed by atoms with van der Waals surface area (Å²) >= 11 is 1.71. The Hall–Kier alpha value is -0.510. The summed E-state index contributed by atoms with van der Waals surface area (Å²) in [5.74, 6) is 0.836. The molecule has 84 valence electrons. The lowest BCUT2D eigenvalue weighted by molar-refractivity contribution is 0.0164. The first-order valence-corrected chi connectivity index (χ1v) is 6.26. The molecule has 3 heteroatoms. The van der Waals surface area contributed by atoms with E-state index in [1.807, 2.05) is 37.3 Å². The van der Waals surface area contributed by atoms with E-state index in [0.717, 1.165) is 5.75 Å². The summed E-state index contributed by atoms with van der Waals surface area (Å²) in [6.07, 6.45) is 0.0683. The number of hydrogen-bond donors (Lipinski definition) is 2. The van der Waals surface area contributed by atoms with Crippen molar-refractivity contribution in [3.63, 3.8) is 0 Å². The van der Waals surface area contributed by atoms with Gasteiger partial charge in [0.2, 0.25) is 0 Å². The topological polar surface area (TPSA) is 40.5 Å². The number of aliphatic hydroxyl groups is 2. The highest BCUT2D eigenvalue weighted by atomic mass is 32.2. The Balaban J connectivity index is 2.22. The SMILES string of the molecule is CC[C@@H](O)[C@H](O)CCSc1ccccc1. The molecule has 0 amide bonds. The lowest BCUT2D eigenvalue weighted by Crippen LogP contribution is -2.25. The minimum atomic E-state index is -0.591. The van der Waals surface area contributed by atoms with E-state index >= 15 is 0 Å². The molecule has 2 N–H and O–H groups in total. The molecule has 1 aromatic rings. The van der Waals surface area contributed by atoms with Crippen molar-refractivity contribution in [2.45, 2.75) is 36.9 Å². The fourth-order valence-electron chi connectivity index (χ4n) is 1.28. The summed E-state index contributed by atoms with van der Waals surface area (Å²) in [6.45, 7) is 1.87. The van der Waals surface area contributed by atoms with Crippen LogP contribution in [0.15, 0.2) is 35.2 Å². The van der Waals surface area contributed by atoms with Gasteiger partial charge in [0, 0.05) is 10.6 Å². The van der Waals surface area contributed by atoms with E-state index in [9.17, 15) is 10.2 Å². The van der Waals surface area contributed by atoms with Crippen molar-refractivity contribution >= 4 is 11.8 Å². The van der Waals surface area contributed by atoms with Gasteiger partial charge in [-0.15, -0.1) is 11.8 Å². The summed E-state index contributed by atoms with van der Waals surface area (Å²) in [6, 6.07) is 10.1. The molecular formula is C12H18O2S. The zero-order valence-electron chi connectivity index (χ0n) is 8.97. The molecule has 0 fully saturated rings. The third kappa shape index (κ3) is 4.69. The minimum absolute atomic E-state index is 0.582. The second-order valence-electron chi connectivity index (χ2n) is 3.49. The molecular weight excluding hydrogens is 208 g/mol. The van der Waals surface area contributed by atoms with Crippen LogP contribution in [0, 0.1) is 0 Å². The first kappa shape index (κ1) is 12.6. The van der Waals surface area contributed by atoms with Crippen molar-refractivity contribution in [1.82, 2.24) is 0 Å². The van der Waals surface area contributed by atoms with Crippen LogP contribution in [0.4, 0.5) is 0 Å². The highest BCUT2D eigenvalue weighted by Gasteiger charge is 2.13. The fraction of sp³-hybridized carbons (Fsp3) is 0.500. The Morgan fingerprint density at radius 2 is 1.80 bits per heavy atom. The van der Waals surface area contributed by atoms with Gasteiger partial charge in [-0.1, -0.05) is 25.1 Å². The predicted molar refractivity (Wildman–Crippen MR) is 64.1 cm³/mol. The molecule has 0 saturated carbocycles. The van der Waals surface area contributed by atoms with Crippen LogP contribution in [0.25, 0.3) is 0 Å². The van der Waals surface area contributed by atoms with Crippen LogP contribution in [0.5, 0.6) is 0 Å². The molecule has 2 atom stereocenters. The Morgan fingerprint density at radius 1 is 1.13 bits per heavy atom. The standard InChI is InChI=1S/C12H18O2S/c1-2-11(13)12(14)8-9-15-10-6-4-3-5-7-10/h3-7,11-14H,2,8-9H2,1H3/t11-,12-/m1/s1. The first-order chi connectivity index (χ1) is 7.24. The summed E-state index contributed by atoms with van der Waals surface area (Å²) in [5, 5.41) is 18.9. The second-order valence-corrected chi connectivity index (χ2v) is 4.66. The van der Waals surface area contributed by atoms with Crippen LogP contribution in [0.3, 0.4) is 0 Å². The maximum absolute atomic E-state index is 9.53. The zero-order chi connectivity index (χ0) is 11.1. The Bertz CT molecular complexity index is 264. The molecule has 15 heavy (non-hydrogen) atoms. The van der Waals surface area contributed by atoms with Crippen LogP contribution in [0.1, 0.15) is 19.8 Å². The van der Waals surface area contributed by atoms with Gasteiger partial charge in [0.15, 0.2) is 0 Å². The van der Waals surface area contributed by atoms with Gasteiger partial charge >= 0.3 is 0 Å². The first-order valence-electron chi connectivity index (χ1n) is 5.28.